The highest BCUT2D eigenvalue weighted by Crippen LogP contribution is 2.23. The van der Waals surface area contributed by atoms with Crippen molar-refractivity contribution in [1.82, 2.24) is 0 Å². The number of primary sulfonamides is 1. The lowest BCUT2D eigenvalue weighted by Gasteiger charge is -2.10. The van der Waals surface area contributed by atoms with Crippen LogP contribution in [0.25, 0.3) is 0 Å². The molecule has 0 fully saturated rings. The zero-order valence-corrected chi connectivity index (χ0v) is 12.4. The standard InChI is InChI=1S/C12H13N3O4S2/c13-11-7-6-9(8-12(11)20(14,16)17)15-21(18,19)10-4-2-1-3-5-10/h1-8,15H,13H2,(H2,14,16,17). The molecule has 0 unspecified atom stereocenters. The number of anilines is 2. The molecular formula is C12H13N3O4S2. The molecule has 0 aliphatic heterocycles. The second-order valence-electron chi connectivity index (χ2n) is 4.22. The Bertz CT molecular complexity index is 863. The maximum absolute atomic E-state index is 12.1. The summed E-state index contributed by atoms with van der Waals surface area (Å²) in [6, 6.07) is 11.4. The summed E-state index contributed by atoms with van der Waals surface area (Å²) in [5.74, 6) is 0. The van der Waals surface area contributed by atoms with Crippen LogP contribution in [0.5, 0.6) is 0 Å². The summed E-state index contributed by atoms with van der Waals surface area (Å²) in [4.78, 5) is -0.283. The first-order valence-electron chi connectivity index (χ1n) is 5.70. The smallest absolute Gasteiger partial charge is 0.261 e. The second-order valence-corrected chi connectivity index (χ2v) is 7.43. The predicted octanol–water partition coefficient (Wildman–Crippen LogP) is 0.717. The van der Waals surface area contributed by atoms with Gasteiger partial charge in [0.25, 0.3) is 10.0 Å². The van der Waals surface area contributed by atoms with Gasteiger partial charge in [-0.15, -0.1) is 0 Å². The number of rotatable bonds is 4. The van der Waals surface area contributed by atoms with Crippen LogP contribution in [0.3, 0.4) is 0 Å². The molecule has 0 atom stereocenters. The molecule has 0 heterocycles. The van der Waals surface area contributed by atoms with Gasteiger partial charge in [0, 0.05) is 0 Å². The van der Waals surface area contributed by atoms with Gasteiger partial charge in [0.15, 0.2) is 0 Å². The summed E-state index contributed by atoms with van der Waals surface area (Å²) >= 11 is 0. The highest BCUT2D eigenvalue weighted by molar-refractivity contribution is 7.92. The first-order valence-corrected chi connectivity index (χ1v) is 8.73. The fourth-order valence-corrected chi connectivity index (χ4v) is 3.42. The van der Waals surface area contributed by atoms with Crippen LogP contribution in [0.4, 0.5) is 11.4 Å². The van der Waals surface area contributed by atoms with E-state index in [0.29, 0.717) is 0 Å². The average molecular weight is 327 g/mol. The third-order valence-electron chi connectivity index (χ3n) is 2.63. The third-order valence-corrected chi connectivity index (χ3v) is 4.99. The van der Waals surface area contributed by atoms with Gasteiger partial charge in [0.05, 0.1) is 16.3 Å². The van der Waals surface area contributed by atoms with E-state index in [1.54, 1.807) is 18.2 Å². The highest BCUT2D eigenvalue weighted by Gasteiger charge is 2.17. The van der Waals surface area contributed by atoms with Crippen LogP contribution in [0, 0.1) is 0 Å². The van der Waals surface area contributed by atoms with Crippen LogP contribution in [0.2, 0.25) is 0 Å². The minimum absolute atomic E-state index is 0.0529. The summed E-state index contributed by atoms with van der Waals surface area (Å²) in [6.45, 7) is 0. The SMILES string of the molecule is Nc1ccc(NS(=O)(=O)c2ccccc2)cc1S(N)(=O)=O. The van der Waals surface area contributed by atoms with E-state index in [0.717, 1.165) is 6.07 Å². The van der Waals surface area contributed by atoms with E-state index in [1.807, 2.05) is 0 Å². The van der Waals surface area contributed by atoms with E-state index < -0.39 is 20.0 Å². The van der Waals surface area contributed by atoms with Crippen LogP contribution in [-0.2, 0) is 20.0 Å². The van der Waals surface area contributed by atoms with Gasteiger partial charge in [0.2, 0.25) is 10.0 Å². The molecule has 0 saturated heterocycles. The molecule has 0 spiro atoms. The molecule has 112 valence electrons. The van der Waals surface area contributed by atoms with Gasteiger partial charge in [-0.3, -0.25) is 4.72 Å². The fourth-order valence-electron chi connectivity index (χ4n) is 1.66. The van der Waals surface area contributed by atoms with Gasteiger partial charge in [0.1, 0.15) is 4.90 Å². The molecule has 0 aromatic heterocycles. The van der Waals surface area contributed by atoms with Crippen LogP contribution < -0.4 is 15.6 Å². The van der Waals surface area contributed by atoms with Gasteiger partial charge in [-0.05, 0) is 30.3 Å². The average Bonchev–Trinajstić information content (AvgIpc) is 2.40. The minimum atomic E-state index is -4.04. The summed E-state index contributed by atoms with van der Waals surface area (Å²) in [5.41, 5.74) is 5.51. The Morgan fingerprint density at radius 1 is 0.905 bits per heavy atom. The lowest BCUT2D eigenvalue weighted by Crippen LogP contribution is -2.16. The quantitative estimate of drug-likeness (QED) is 0.712. The molecule has 21 heavy (non-hydrogen) atoms. The van der Waals surface area contributed by atoms with Crippen molar-refractivity contribution in [2.45, 2.75) is 9.79 Å². The van der Waals surface area contributed by atoms with Crippen molar-refractivity contribution in [3.05, 3.63) is 48.5 Å². The maximum Gasteiger partial charge on any atom is 0.261 e. The van der Waals surface area contributed by atoms with Crippen molar-refractivity contribution in [1.29, 1.82) is 0 Å². The molecular weight excluding hydrogens is 314 g/mol. The Morgan fingerprint density at radius 3 is 2.10 bits per heavy atom. The zero-order chi connectivity index (χ0) is 15.7. The molecule has 9 heteroatoms. The monoisotopic (exact) mass is 327 g/mol. The molecule has 5 N–H and O–H groups in total. The Kier molecular flexibility index (Phi) is 3.90. The van der Waals surface area contributed by atoms with Crippen LogP contribution in [0.15, 0.2) is 58.3 Å². The van der Waals surface area contributed by atoms with Gasteiger partial charge < -0.3 is 5.73 Å². The normalized spacial score (nSPS) is 12.0. The zero-order valence-electron chi connectivity index (χ0n) is 10.7. The van der Waals surface area contributed by atoms with E-state index in [2.05, 4.69) is 4.72 Å². The number of nitrogens with one attached hydrogen (secondary N) is 1. The topological polar surface area (TPSA) is 132 Å². The third kappa shape index (κ3) is 3.51. The Morgan fingerprint density at radius 2 is 1.52 bits per heavy atom. The lowest BCUT2D eigenvalue weighted by atomic mass is 10.3. The molecule has 0 amide bonds. The van der Waals surface area contributed by atoms with Crippen molar-refractivity contribution in [3.63, 3.8) is 0 Å². The van der Waals surface area contributed by atoms with Crippen molar-refractivity contribution in [2.24, 2.45) is 5.14 Å². The molecule has 0 aliphatic rings. The molecule has 0 bridgehead atoms. The molecule has 2 aromatic rings. The van der Waals surface area contributed by atoms with Crippen molar-refractivity contribution in [3.8, 4) is 0 Å². The molecule has 0 aliphatic carbocycles. The van der Waals surface area contributed by atoms with E-state index in [1.165, 1.54) is 24.3 Å². The number of benzene rings is 2. The molecule has 2 rings (SSSR count). The maximum atomic E-state index is 12.1. The number of nitrogens with two attached hydrogens (primary N) is 2. The fraction of sp³-hybridized carbons (Fsp3) is 0. The van der Waals surface area contributed by atoms with Crippen LogP contribution >= 0.6 is 0 Å². The van der Waals surface area contributed by atoms with E-state index in [4.69, 9.17) is 10.9 Å². The predicted molar refractivity (Wildman–Crippen MR) is 79.5 cm³/mol. The number of nitrogen functional groups attached to an aromatic ring is 1. The highest BCUT2D eigenvalue weighted by atomic mass is 32.2. The minimum Gasteiger partial charge on any atom is -0.398 e. The largest absolute Gasteiger partial charge is 0.398 e. The van der Waals surface area contributed by atoms with Crippen LogP contribution in [0.1, 0.15) is 0 Å². The first-order chi connectivity index (χ1) is 9.70. The summed E-state index contributed by atoms with van der Waals surface area (Å²) in [5, 5.41) is 5.02. The Labute approximate surface area is 122 Å². The number of hydrogen-bond donors (Lipinski definition) is 3. The number of hydrogen-bond acceptors (Lipinski definition) is 5. The van der Waals surface area contributed by atoms with E-state index >= 15 is 0 Å². The Balaban J connectivity index is 2.42. The molecule has 0 saturated carbocycles. The molecule has 2 aromatic carbocycles. The van der Waals surface area contributed by atoms with Crippen molar-refractivity contribution >= 4 is 31.4 Å². The first kappa shape index (κ1) is 15.3. The van der Waals surface area contributed by atoms with Crippen molar-refractivity contribution in [2.75, 3.05) is 10.5 Å². The van der Waals surface area contributed by atoms with E-state index in [9.17, 15) is 16.8 Å². The van der Waals surface area contributed by atoms with Gasteiger partial charge >= 0.3 is 0 Å². The number of sulfonamides is 2. The molecule has 7 nitrogen and oxygen atoms in total. The van der Waals surface area contributed by atoms with Gasteiger partial charge in [-0.25, -0.2) is 22.0 Å². The van der Waals surface area contributed by atoms with E-state index in [-0.39, 0.29) is 21.2 Å². The summed E-state index contributed by atoms with van der Waals surface area (Å²) in [7, 11) is -7.85. The summed E-state index contributed by atoms with van der Waals surface area (Å²) in [6.07, 6.45) is 0. The van der Waals surface area contributed by atoms with Crippen molar-refractivity contribution < 1.29 is 16.8 Å². The lowest BCUT2D eigenvalue weighted by molar-refractivity contribution is 0.596. The second kappa shape index (κ2) is 5.35. The molecule has 0 radical (unpaired) electrons. The van der Waals surface area contributed by atoms with Gasteiger partial charge in [-0.2, -0.15) is 0 Å². The van der Waals surface area contributed by atoms with Gasteiger partial charge in [-0.1, -0.05) is 18.2 Å². The Hall–Kier alpha value is -2.10. The summed E-state index contributed by atoms with van der Waals surface area (Å²) < 4.78 is 49.2. The van der Waals surface area contributed by atoms with Crippen LogP contribution in [-0.4, -0.2) is 16.8 Å².